The molecule has 8 heteroatoms. The zero-order valence-electron chi connectivity index (χ0n) is 18.7. The van der Waals surface area contributed by atoms with Gasteiger partial charge in [0.2, 0.25) is 5.91 Å². The third kappa shape index (κ3) is 4.08. The van der Waals surface area contributed by atoms with Crippen LogP contribution in [-0.2, 0) is 17.6 Å². The summed E-state index contributed by atoms with van der Waals surface area (Å²) in [6.45, 7) is 0.524. The first-order valence-electron chi connectivity index (χ1n) is 11.4. The second-order valence-electron chi connectivity index (χ2n) is 8.64. The minimum absolute atomic E-state index is 0.0297. The fourth-order valence-electron chi connectivity index (χ4n) is 4.54. The second kappa shape index (κ2) is 8.61. The van der Waals surface area contributed by atoms with E-state index in [4.69, 9.17) is 9.47 Å². The Morgan fingerprint density at radius 2 is 2.06 bits per heavy atom. The molecule has 8 nitrogen and oxygen atoms in total. The maximum absolute atomic E-state index is 11.7. The van der Waals surface area contributed by atoms with Crippen molar-refractivity contribution in [2.45, 2.75) is 25.2 Å². The number of nitriles is 1. The minimum Gasteiger partial charge on any atom is -0.493 e. The number of aromatic amines is 1. The highest BCUT2D eigenvalue weighted by Gasteiger charge is 2.25. The van der Waals surface area contributed by atoms with Gasteiger partial charge in [-0.2, -0.15) is 5.26 Å². The molecule has 4 aromatic rings. The van der Waals surface area contributed by atoms with Gasteiger partial charge in [0.1, 0.15) is 28.9 Å². The van der Waals surface area contributed by atoms with Crippen molar-refractivity contribution in [1.29, 1.82) is 5.26 Å². The fourth-order valence-corrected chi connectivity index (χ4v) is 4.54. The van der Waals surface area contributed by atoms with Gasteiger partial charge in [0, 0.05) is 23.7 Å². The first kappa shape index (κ1) is 20.9. The maximum Gasteiger partial charge on any atom is 0.225 e. The number of benzene rings is 2. The molecule has 0 saturated carbocycles. The molecule has 172 valence electrons. The van der Waals surface area contributed by atoms with Crippen molar-refractivity contribution in [3.63, 3.8) is 0 Å². The number of carbonyl (C=O) groups excluding carboxylic acids is 1. The molecule has 1 amide bonds. The lowest BCUT2D eigenvalue weighted by molar-refractivity contribution is -0.116. The van der Waals surface area contributed by atoms with Crippen molar-refractivity contribution in [3.05, 3.63) is 83.4 Å². The standard InChI is InChI=1S/C27H21N5O3/c28-13-16-2-1-3-17(10-16)22-14-30-26(31-22)19-11-18-12-20(4-6-23(18)34-15-19)35-24-8-9-29-27-21(24)5-7-25(33)32-27/h1-4,6,8-10,12,14,19H,5,7,11,15H2,(H,30,31)(H,29,32,33). The molecule has 0 radical (unpaired) electrons. The third-order valence-electron chi connectivity index (χ3n) is 6.32. The number of anilines is 1. The zero-order chi connectivity index (χ0) is 23.8. The van der Waals surface area contributed by atoms with Gasteiger partial charge in [-0.1, -0.05) is 12.1 Å². The summed E-state index contributed by atoms with van der Waals surface area (Å²) in [4.78, 5) is 23.9. The summed E-state index contributed by atoms with van der Waals surface area (Å²) in [6.07, 6.45) is 5.20. The van der Waals surface area contributed by atoms with Gasteiger partial charge in [0.25, 0.3) is 0 Å². The second-order valence-corrected chi connectivity index (χ2v) is 8.64. The molecule has 2 aromatic carbocycles. The molecule has 0 spiro atoms. The van der Waals surface area contributed by atoms with Gasteiger partial charge >= 0.3 is 0 Å². The average molecular weight is 463 g/mol. The molecule has 2 aliphatic heterocycles. The smallest absolute Gasteiger partial charge is 0.225 e. The number of hydrogen-bond acceptors (Lipinski definition) is 6. The molecule has 35 heavy (non-hydrogen) atoms. The number of pyridine rings is 1. The van der Waals surface area contributed by atoms with Crippen molar-refractivity contribution in [2.24, 2.45) is 0 Å². The normalized spacial score (nSPS) is 16.3. The number of nitrogens with one attached hydrogen (secondary N) is 2. The van der Waals surface area contributed by atoms with Crippen molar-refractivity contribution in [3.8, 4) is 34.6 Å². The Hall–Kier alpha value is -4.64. The lowest BCUT2D eigenvalue weighted by atomic mass is 9.96. The van der Waals surface area contributed by atoms with E-state index in [-0.39, 0.29) is 11.8 Å². The predicted octanol–water partition coefficient (Wildman–Crippen LogP) is 4.74. The Morgan fingerprint density at radius 1 is 1.11 bits per heavy atom. The molecule has 2 aliphatic rings. The van der Waals surface area contributed by atoms with Crippen LogP contribution in [0.15, 0.2) is 60.9 Å². The quantitative estimate of drug-likeness (QED) is 0.452. The average Bonchev–Trinajstić information content (AvgIpc) is 3.39. The van der Waals surface area contributed by atoms with Gasteiger partial charge in [0.05, 0.1) is 36.0 Å². The number of hydrogen-bond donors (Lipinski definition) is 2. The maximum atomic E-state index is 11.7. The first-order chi connectivity index (χ1) is 17.2. The summed E-state index contributed by atoms with van der Waals surface area (Å²) in [5.74, 6) is 3.68. The van der Waals surface area contributed by atoms with Crippen LogP contribution in [0.5, 0.6) is 17.2 Å². The molecule has 2 aromatic heterocycles. The molecule has 6 rings (SSSR count). The zero-order valence-corrected chi connectivity index (χ0v) is 18.7. The lowest BCUT2D eigenvalue weighted by Gasteiger charge is -2.25. The highest BCUT2D eigenvalue weighted by Crippen LogP contribution is 2.37. The Bertz CT molecular complexity index is 1490. The minimum atomic E-state index is -0.0297. The van der Waals surface area contributed by atoms with E-state index >= 15 is 0 Å². The van der Waals surface area contributed by atoms with Crippen LogP contribution >= 0.6 is 0 Å². The molecule has 1 atom stereocenters. The number of ether oxygens (including phenoxy) is 2. The van der Waals surface area contributed by atoms with E-state index in [1.165, 1.54) is 0 Å². The van der Waals surface area contributed by atoms with Gasteiger partial charge in [0.15, 0.2) is 0 Å². The van der Waals surface area contributed by atoms with Gasteiger partial charge in [-0.25, -0.2) is 9.97 Å². The molecule has 0 aliphatic carbocycles. The van der Waals surface area contributed by atoms with E-state index in [2.05, 4.69) is 26.3 Å². The number of nitrogens with zero attached hydrogens (tertiary/aromatic N) is 3. The Labute approximate surface area is 201 Å². The third-order valence-corrected chi connectivity index (χ3v) is 6.32. The number of amides is 1. The number of aromatic nitrogens is 3. The Morgan fingerprint density at radius 3 is 2.97 bits per heavy atom. The van der Waals surface area contributed by atoms with Crippen LogP contribution in [0, 0.1) is 11.3 Å². The van der Waals surface area contributed by atoms with Crippen LogP contribution in [0.1, 0.15) is 34.9 Å². The highest BCUT2D eigenvalue weighted by atomic mass is 16.5. The highest BCUT2D eigenvalue weighted by molar-refractivity contribution is 5.93. The lowest BCUT2D eigenvalue weighted by Crippen LogP contribution is -2.20. The molecular weight excluding hydrogens is 442 g/mol. The molecular formula is C27H21N5O3. The van der Waals surface area contributed by atoms with Gasteiger partial charge in [-0.05, 0) is 54.8 Å². The summed E-state index contributed by atoms with van der Waals surface area (Å²) < 4.78 is 12.2. The van der Waals surface area contributed by atoms with Gasteiger partial charge in [-0.15, -0.1) is 0 Å². The van der Waals surface area contributed by atoms with Crippen molar-refractivity contribution >= 4 is 11.7 Å². The van der Waals surface area contributed by atoms with Crippen molar-refractivity contribution < 1.29 is 14.3 Å². The van der Waals surface area contributed by atoms with Crippen LogP contribution in [0.3, 0.4) is 0 Å². The van der Waals surface area contributed by atoms with E-state index in [0.717, 1.165) is 40.4 Å². The van der Waals surface area contributed by atoms with E-state index in [1.54, 1.807) is 18.5 Å². The topological polar surface area (TPSA) is 113 Å². The van der Waals surface area contributed by atoms with E-state index in [0.29, 0.717) is 42.3 Å². The Kier molecular flexibility index (Phi) is 5.15. The van der Waals surface area contributed by atoms with E-state index < -0.39 is 0 Å². The number of rotatable bonds is 4. The largest absolute Gasteiger partial charge is 0.493 e. The van der Waals surface area contributed by atoms with Crippen LogP contribution < -0.4 is 14.8 Å². The molecule has 2 N–H and O–H groups in total. The summed E-state index contributed by atoms with van der Waals surface area (Å²) >= 11 is 0. The van der Waals surface area contributed by atoms with E-state index in [1.807, 2.05) is 42.5 Å². The fraction of sp³-hybridized carbons (Fsp3) is 0.185. The van der Waals surface area contributed by atoms with Crippen LogP contribution in [0.4, 0.5) is 5.82 Å². The number of H-pyrrole nitrogens is 1. The summed E-state index contributed by atoms with van der Waals surface area (Å²) in [5.41, 5.74) is 4.35. The number of imidazole rings is 1. The van der Waals surface area contributed by atoms with E-state index in [9.17, 15) is 10.1 Å². The molecule has 4 heterocycles. The molecule has 0 bridgehead atoms. The summed E-state index contributed by atoms with van der Waals surface area (Å²) in [6, 6.07) is 17.3. The Balaban J connectivity index is 1.22. The van der Waals surface area contributed by atoms with Crippen LogP contribution in [-0.4, -0.2) is 27.5 Å². The first-order valence-corrected chi connectivity index (χ1v) is 11.4. The molecule has 0 fully saturated rings. The summed E-state index contributed by atoms with van der Waals surface area (Å²) in [7, 11) is 0. The number of carbonyl (C=O) groups is 1. The molecule has 0 saturated heterocycles. The van der Waals surface area contributed by atoms with Crippen molar-refractivity contribution in [1.82, 2.24) is 15.0 Å². The monoisotopic (exact) mass is 463 g/mol. The van der Waals surface area contributed by atoms with Gasteiger partial charge in [-0.3, -0.25) is 4.79 Å². The summed E-state index contributed by atoms with van der Waals surface area (Å²) in [5, 5.41) is 12.0. The van der Waals surface area contributed by atoms with Gasteiger partial charge < -0.3 is 19.8 Å². The van der Waals surface area contributed by atoms with Crippen LogP contribution in [0.2, 0.25) is 0 Å². The number of fused-ring (bicyclic) bond motifs is 2. The molecule has 1 unspecified atom stereocenters. The SMILES string of the molecule is N#Cc1cccc(-c2cnc(C3COc4ccc(Oc5ccnc6c5CCC(=O)N6)cc4C3)[nH]2)c1. The van der Waals surface area contributed by atoms with Crippen LogP contribution in [0.25, 0.3) is 11.3 Å². The predicted molar refractivity (Wildman–Crippen MR) is 128 cm³/mol. The van der Waals surface area contributed by atoms with Crippen molar-refractivity contribution in [2.75, 3.05) is 11.9 Å².